The fourth-order valence-corrected chi connectivity index (χ4v) is 2.08. The van der Waals surface area contributed by atoms with E-state index in [1.54, 1.807) is 0 Å². The van der Waals surface area contributed by atoms with Crippen LogP contribution < -0.4 is 0 Å². The second kappa shape index (κ2) is 5.94. The predicted molar refractivity (Wildman–Crippen MR) is 61.5 cm³/mol. The van der Waals surface area contributed by atoms with Crippen molar-refractivity contribution in [1.29, 1.82) is 0 Å². The number of hydrogen-bond donors (Lipinski definition) is 1. The normalized spacial score (nSPS) is 19.9. The van der Waals surface area contributed by atoms with E-state index < -0.39 is 0 Å². The molecule has 3 heteroatoms. The van der Waals surface area contributed by atoms with Crippen molar-refractivity contribution in [1.82, 2.24) is 0 Å². The molecule has 0 bridgehead atoms. The molecule has 3 nitrogen and oxygen atoms in total. The lowest BCUT2D eigenvalue weighted by Gasteiger charge is -2.21. The summed E-state index contributed by atoms with van der Waals surface area (Å²) in [6.45, 7) is 0.102. The van der Waals surface area contributed by atoms with Crippen molar-refractivity contribution in [2.45, 2.75) is 51.2 Å². The van der Waals surface area contributed by atoms with E-state index in [0.29, 0.717) is 6.42 Å². The lowest BCUT2D eigenvalue weighted by Crippen LogP contribution is -2.17. The molecule has 0 aromatic carbocycles. The van der Waals surface area contributed by atoms with Crippen molar-refractivity contribution in [2.75, 3.05) is 6.61 Å². The number of aliphatic hydroxyl groups is 1. The summed E-state index contributed by atoms with van der Waals surface area (Å²) < 4.78 is 11.5. The molecule has 0 aromatic rings. The standard InChI is InChI=1S/C13H20O3/c14-10-9-13(15-11-5-1-2-6-11)16-12-7-3-4-8-12/h5,7,13-14H,1-4,6,8-10H2. The highest BCUT2D eigenvalue weighted by atomic mass is 16.7. The highest BCUT2D eigenvalue weighted by Gasteiger charge is 2.17. The third-order valence-corrected chi connectivity index (χ3v) is 2.93. The summed E-state index contributed by atoms with van der Waals surface area (Å²) in [6.07, 6.45) is 11.0. The van der Waals surface area contributed by atoms with E-state index in [1.165, 1.54) is 12.8 Å². The molecule has 2 aliphatic carbocycles. The Bertz CT molecular complexity index is 255. The highest BCUT2D eigenvalue weighted by molar-refractivity contribution is 5.01. The maximum absolute atomic E-state index is 8.99. The molecule has 0 fully saturated rings. The zero-order valence-corrected chi connectivity index (χ0v) is 9.65. The van der Waals surface area contributed by atoms with Crippen LogP contribution in [0.5, 0.6) is 0 Å². The number of aliphatic hydroxyl groups excluding tert-OH is 1. The van der Waals surface area contributed by atoms with Crippen LogP contribution in [-0.2, 0) is 9.47 Å². The average Bonchev–Trinajstić information content (AvgIpc) is 2.91. The number of hydrogen-bond acceptors (Lipinski definition) is 3. The molecule has 0 atom stereocenters. The monoisotopic (exact) mass is 224 g/mol. The Morgan fingerprint density at radius 3 is 2.00 bits per heavy atom. The molecule has 0 saturated carbocycles. The van der Waals surface area contributed by atoms with Gasteiger partial charge < -0.3 is 14.6 Å². The van der Waals surface area contributed by atoms with E-state index in [-0.39, 0.29) is 12.9 Å². The molecule has 0 aliphatic heterocycles. The van der Waals surface area contributed by atoms with Gasteiger partial charge in [-0.05, 0) is 37.8 Å². The van der Waals surface area contributed by atoms with Crippen molar-refractivity contribution in [3.63, 3.8) is 0 Å². The molecule has 1 N–H and O–H groups in total. The molecule has 0 amide bonds. The Morgan fingerprint density at radius 2 is 1.62 bits per heavy atom. The molecule has 0 radical (unpaired) electrons. The Kier molecular flexibility index (Phi) is 4.28. The van der Waals surface area contributed by atoms with Crippen LogP contribution >= 0.6 is 0 Å². The van der Waals surface area contributed by atoms with Crippen LogP contribution in [0.2, 0.25) is 0 Å². The van der Waals surface area contributed by atoms with E-state index in [9.17, 15) is 0 Å². The van der Waals surface area contributed by atoms with Crippen LogP contribution in [-0.4, -0.2) is 18.0 Å². The van der Waals surface area contributed by atoms with Gasteiger partial charge >= 0.3 is 0 Å². The highest BCUT2D eigenvalue weighted by Crippen LogP contribution is 2.25. The van der Waals surface area contributed by atoms with Gasteiger partial charge in [0.05, 0.1) is 18.1 Å². The summed E-state index contributed by atoms with van der Waals surface area (Å²) in [5, 5.41) is 8.99. The molecule has 16 heavy (non-hydrogen) atoms. The van der Waals surface area contributed by atoms with Crippen molar-refractivity contribution >= 4 is 0 Å². The second-order valence-corrected chi connectivity index (χ2v) is 4.30. The summed E-state index contributed by atoms with van der Waals surface area (Å²) in [6, 6.07) is 0. The summed E-state index contributed by atoms with van der Waals surface area (Å²) in [5.74, 6) is 2.05. The lowest BCUT2D eigenvalue weighted by molar-refractivity contribution is -0.0989. The topological polar surface area (TPSA) is 38.7 Å². The van der Waals surface area contributed by atoms with Crippen molar-refractivity contribution in [3.8, 4) is 0 Å². The van der Waals surface area contributed by atoms with Gasteiger partial charge in [0.1, 0.15) is 0 Å². The minimum absolute atomic E-state index is 0.102. The van der Waals surface area contributed by atoms with Gasteiger partial charge in [0, 0.05) is 19.3 Å². The molecule has 2 rings (SSSR count). The smallest absolute Gasteiger partial charge is 0.242 e. The lowest BCUT2D eigenvalue weighted by atomic mass is 10.3. The molecule has 90 valence electrons. The van der Waals surface area contributed by atoms with E-state index in [4.69, 9.17) is 14.6 Å². The molecule has 2 aliphatic rings. The Balaban J connectivity index is 1.83. The fourth-order valence-electron chi connectivity index (χ4n) is 2.08. The predicted octanol–water partition coefficient (Wildman–Crippen LogP) is 2.86. The zero-order chi connectivity index (χ0) is 11.2. The fraction of sp³-hybridized carbons (Fsp3) is 0.692. The summed E-state index contributed by atoms with van der Waals surface area (Å²) in [4.78, 5) is 0. The first-order valence-corrected chi connectivity index (χ1v) is 6.21. The Hall–Kier alpha value is -0.960. The van der Waals surface area contributed by atoms with Gasteiger partial charge in [0.2, 0.25) is 6.29 Å². The number of allylic oxidation sites excluding steroid dienone is 4. The van der Waals surface area contributed by atoms with Gasteiger partial charge in [-0.15, -0.1) is 0 Å². The first-order valence-electron chi connectivity index (χ1n) is 6.21. The summed E-state index contributed by atoms with van der Waals surface area (Å²) in [5.41, 5.74) is 0. The molecule has 0 unspecified atom stereocenters. The first kappa shape index (κ1) is 11.5. The maximum atomic E-state index is 8.99. The van der Waals surface area contributed by atoms with Gasteiger partial charge in [-0.3, -0.25) is 0 Å². The van der Waals surface area contributed by atoms with E-state index in [1.807, 2.05) is 0 Å². The third kappa shape index (κ3) is 3.27. The molecule has 0 heterocycles. The van der Waals surface area contributed by atoms with Crippen LogP contribution in [0.1, 0.15) is 44.9 Å². The van der Waals surface area contributed by atoms with E-state index in [0.717, 1.165) is 37.2 Å². The first-order chi connectivity index (χ1) is 7.88. The van der Waals surface area contributed by atoms with Gasteiger partial charge in [0.25, 0.3) is 0 Å². The second-order valence-electron chi connectivity index (χ2n) is 4.30. The number of rotatable bonds is 6. The van der Waals surface area contributed by atoms with Crippen LogP contribution in [0.25, 0.3) is 0 Å². The van der Waals surface area contributed by atoms with Crippen LogP contribution in [0.15, 0.2) is 23.7 Å². The largest absolute Gasteiger partial charge is 0.460 e. The molecule has 0 spiro atoms. The van der Waals surface area contributed by atoms with E-state index in [2.05, 4.69) is 12.2 Å². The Labute approximate surface area is 96.7 Å². The van der Waals surface area contributed by atoms with Crippen LogP contribution in [0, 0.1) is 0 Å². The molecular formula is C13H20O3. The van der Waals surface area contributed by atoms with E-state index >= 15 is 0 Å². The van der Waals surface area contributed by atoms with Crippen molar-refractivity contribution in [2.24, 2.45) is 0 Å². The number of ether oxygens (including phenoxy) is 2. The average molecular weight is 224 g/mol. The Morgan fingerprint density at radius 1 is 1.06 bits per heavy atom. The van der Waals surface area contributed by atoms with Crippen molar-refractivity contribution < 1.29 is 14.6 Å². The van der Waals surface area contributed by atoms with Gasteiger partial charge in [0.15, 0.2) is 0 Å². The zero-order valence-electron chi connectivity index (χ0n) is 9.65. The van der Waals surface area contributed by atoms with Crippen LogP contribution in [0.4, 0.5) is 0 Å². The summed E-state index contributed by atoms with van der Waals surface area (Å²) in [7, 11) is 0. The summed E-state index contributed by atoms with van der Waals surface area (Å²) >= 11 is 0. The minimum atomic E-state index is -0.307. The van der Waals surface area contributed by atoms with Gasteiger partial charge in [-0.2, -0.15) is 0 Å². The van der Waals surface area contributed by atoms with Gasteiger partial charge in [-0.25, -0.2) is 0 Å². The molecule has 0 aromatic heterocycles. The SMILES string of the molecule is OCCC(OC1=CCCC1)OC1=CCCC1. The molecule has 0 saturated heterocycles. The molecular weight excluding hydrogens is 204 g/mol. The van der Waals surface area contributed by atoms with Crippen LogP contribution in [0.3, 0.4) is 0 Å². The van der Waals surface area contributed by atoms with Gasteiger partial charge in [-0.1, -0.05) is 0 Å². The minimum Gasteiger partial charge on any atom is -0.460 e. The van der Waals surface area contributed by atoms with Crippen molar-refractivity contribution in [3.05, 3.63) is 23.7 Å². The third-order valence-electron chi connectivity index (χ3n) is 2.93. The quantitative estimate of drug-likeness (QED) is 0.705. The maximum Gasteiger partial charge on any atom is 0.242 e.